The number of hydrogen-bond acceptors (Lipinski definition) is 4. The molecule has 0 bridgehead atoms. The standard InChI is InChI=1S/C20H26N6O2/c21-15-22-20(23-16-8-2-1-3-9-16)24-17-10-4-5-13-26(19(17)28)14-18(27)25-11-6-7-12-25/h1-3,8-9,17H,4-7,10-14H2,(H2,22,23,24)/t17-/m1/s1. The molecule has 28 heavy (non-hydrogen) atoms. The molecule has 8 nitrogen and oxygen atoms in total. The molecule has 1 aromatic rings. The third-order valence-corrected chi connectivity index (χ3v) is 5.03. The Kier molecular flexibility index (Phi) is 6.84. The minimum absolute atomic E-state index is 0.00765. The number of hydrogen-bond donors (Lipinski definition) is 2. The van der Waals surface area contributed by atoms with Gasteiger partial charge in [-0.2, -0.15) is 5.26 Å². The van der Waals surface area contributed by atoms with Crippen LogP contribution in [0.5, 0.6) is 0 Å². The molecule has 2 heterocycles. The quantitative estimate of drug-likeness (QED) is 0.356. The molecule has 0 spiro atoms. The molecule has 2 aliphatic heterocycles. The molecule has 148 valence electrons. The summed E-state index contributed by atoms with van der Waals surface area (Å²) < 4.78 is 0. The van der Waals surface area contributed by atoms with Crippen LogP contribution in [0.2, 0.25) is 0 Å². The Labute approximate surface area is 165 Å². The summed E-state index contributed by atoms with van der Waals surface area (Å²) in [6.45, 7) is 2.23. The first-order valence-electron chi connectivity index (χ1n) is 9.79. The first-order chi connectivity index (χ1) is 13.7. The molecule has 1 atom stereocenters. The largest absolute Gasteiger partial charge is 0.341 e. The molecule has 2 amide bonds. The monoisotopic (exact) mass is 382 g/mol. The molecule has 2 fully saturated rings. The average molecular weight is 382 g/mol. The molecule has 0 aliphatic carbocycles. The van der Waals surface area contributed by atoms with Gasteiger partial charge in [-0.15, -0.1) is 0 Å². The summed E-state index contributed by atoms with van der Waals surface area (Å²) in [5.74, 6) is 0.0881. The lowest BCUT2D eigenvalue weighted by atomic mass is 10.1. The minimum atomic E-state index is -0.610. The van der Waals surface area contributed by atoms with E-state index in [1.165, 1.54) is 0 Å². The van der Waals surface area contributed by atoms with Gasteiger partial charge in [-0.05, 0) is 44.2 Å². The molecule has 0 saturated carbocycles. The molecule has 8 heteroatoms. The van der Waals surface area contributed by atoms with Crippen molar-refractivity contribution >= 4 is 23.5 Å². The molecule has 2 aliphatic rings. The van der Waals surface area contributed by atoms with Crippen LogP contribution in [-0.4, -0.2) is 59.8 Å². The van der Waals surface area contributed by atoms with Crippen LogP contribution in [0.15, 0.2) is 35.3 Å². The fourth-order valence-corrected chi connectivity index (χ4v) is 3.55. The number of amides is 2. The fraction of sp³-hybridized carbons (Fsp3) is 0.500. The molecule has 1 aromatic carbocycles. The van der Waals surface area contributed by atoms with E-state index in [0.717, 1.165) is 44.5 Å². The van der Waals surface area contributed by atoms with Crippen LogP contribution in [0.3, 0.4) is 0 Å². The van der Waals surface area contributed by atoms with Gasteiger partial charge in [0.05, 0.1) is 6.54 Å². The molecular formula is C20H26N6O2. The van der Waals surface area contributed by atoms with Crippen LogP contribution >= 0.6 is 0 Å². The van der Waals surface area contributed by atoms with Crippen molar-refractivity contribution in [2.75, 3.05) is 31.5 Å². The van der Waals surface area contributed by atoms with E-state index >= 15 is 0 Å². The highest BCUT2D eigenvalue weighted by molar-refractivity contribution is 5.97. The summed E-state index contributed by atoms with van der Waals surface area (Å²) in [7, 11) is 0. The van der Waals surface area contributed by atoms with Crippen molar-refractivity contribution in [1.29, 1.82) is 5.26 Å². The second kappa shape index (κ2) is 9.74. The van der Waals surface area contributed by atoms with E-state index in [1.54, 1.807) is 4.90 Å². The lowest BCUT2D eigenvalue weighted by molar-refractivity contribution is -0.140. The smallest absolute Gasteiger partial charge is 0.247 e. The summed E-state index contributed by atoms with van der Waals surface area (Å²) in [4.78, 5) is 33.4. The Morgan fingerprint density at radius 1 is 1.14 bits per heavy atom. The molecule has 2 N–H and O–H groups in total. The van der Waals surface area contributed by atoms with Gasteiger partial charge < -0.3 is 15.1 Å². The number of aliphatic imine (C=N–C) groups is 1. The van der Waals surface area contributed by atoms with Crippen molar-refractivity contribution in [1.82, 2.24) is 15.1 Å². The maximum Gasteiger partial charge on any atom is 0.247 e. The molecule has 0 unspecified atom stereocenters. The van der Waals surface area contributed by atoms with Crippen molar-refractivity contribution in [3.8, 4) is 6.19 Å². The summed E-state index contributed by atoms with van der Waals surface area (Å²) in [6, 6.07) is 8.73. The number of para-hydroxylation sites is 1. The summed E-state index contributed by atoms with van der Waals surface area (Å²) in [5.41, 5.74) is 0.770. The van der Waals surface area contributed by atoms with Gasteiger partial charge in [-0.1, -0.05) is 18.2 Å². The number of nitrogens with zero attached hydrogens (tertiary/aromatic N) is 4. The van der Waals surface area contributed by atoms with Gasteiger partial charge in [0.1, 0.15) is 6.04 Å². The number of guanidine groups is 1. The molecule has 0 radical (unpaired) electrons. The fourth-order valence-electron chi connectivity index (χ4n) is 3.55. The minimum Gasteiger partial charge on any atom is -0.341 e. The number of nitrogens with one attached hydrogen (secondary N) is 2. The van der Waals surface area contributed by atoms with Gasteiger partial charge in [0.15, 0.2) is 6.19 Å². The lowest BCUT2D eigenvalue weighted by Gasteiger charge is -2.25. The topological polar surface area (TPSA) is 101 Å². The van der Waals surface area contributed by atoms with Gasteiger partial charge >= 0.3 is 0 Å². The third kappa shape index (κ3) is 5.22. The van der Waals surface area contributed by atoms with Crippen molar-refractivity contribution in [2.24, 2.45) is 4.99 Å². The van der Waals surface area contributed by atoms with Crippen LogP contribution in [0, 0.1) is 11.5 Å². The maximum atomic E-state index is 13.0. The zero-order valence-electron chi connectivity index (χ0n) is 15.9. The van der Waals surface area contributed by atoms with E-state index in [0.29, 0.717) is 13.0 Å². The first-order valence-corrected chi connectivity index (χ1v) is 9.79. The average Bonchev–Trinajstić information content (AvgIpc) is 3.19. The summed E-state index contributed by atoms with van der Waals surface area (Å²) in [5, 5.41) is 14.6. The molecule has 0 aromatic heterocycles. The predicted molar refractivity (Wildman–Crippen MR) is 106 cm³/mol. The maximum absolute atomic E-state index is 13.0. The molecule has 2 saturated heterocycles. The second-order valence-electron chi connectivity index (χ2n) is 7.06. The van der Waals surface area contributed by atoms with Crippen LogP contribution in [0.4, 0.5) is 5.69 Å². The van der Waals surface area contributed by atoms with Crippen molar-refractivity contribution in [2.45, 2.75) is 38.1 Å². The number of likely N-dealkylation sites (tertiary alicyclic amines) is 2. The molecular weight excluding hydrogens is 356 g/mol. The Hall–Kier alpha value is -3.08. The number of anilines is 1. The van der Waals surface area contributed by atoms with E-state index in [-0.39, 0.29) is 24.3 Å². The van der Waals surface area contributed by atoms with Crippen LogP contribution in [0.25, 0.3) is 0 Å². The van der Waals surface area contributed by atoms with Gasteiger partial charge in [-0.25, -0.2) is 4.99 Å². The van der Waals surface area contributed by atoms with E-state index in [1.807, 2.05) is 41.4 Å². The highest BCUT2D eigenvalue weighted by Gasteiger charge is 2.30. The number of carbonyl (C=O) groups is 2. The SMILES string of the molecule is N#CNC(=N[C@@H]1CCCCN(CC(=O)N2CCCC2)C1=O)Nc1ccccc1. The highest BCUT2D eigenvalue weighted by Crippen LogP contribution is 2.17. The van der Waals surface area contributed by atoms with Crippen molar-refractivity contribution in [3.63, 3.8) is 0 Å². The van der Waals surface area contributed by atoms with Gasteiger partial charge in [0.2, 0.25) is 17.8 Å². The van der Waals surface area contributed by atoms with E-state index in [2.05, 4.69) is 15.6 Å². The zero-order chi connectivity index (χ0) is 19.8. The molecule has 3 rings (SSSR count). The normalized spacial score (nSPS) is 20.5. The Balaban J connectivity index is 1.70. The zero-order valence-corrected chi connectivity index (χ0v) is 15.9. The number of rotatable bonds is 4. The second-order valence-corrected chi connectivity index (χ2v) is 7.06. The van der Waals surface area contributed by atoms with E-state index in [4.69, 9.17) is 5.26 Å². The van der Waals surface area contributed by atoms with E-state index < -0.39 is 6.04 Å². The van der Waals surface area contributed by atoms with Gasteiger partial charge in [0, 0.05) is 25.3 Å². The van der Waals surface area contributed by atoms with Crippen molar-refractivity contribution in [3.05, 3.63) is 30.3 Å². The number of carbonyl (C=O) groups excluding carboxylic acids is 2. The number of benzene rings is 1. The van der Waals surface area contributed by atoms with Gasteiger partial charge in [-0.3, -0.25) is 14.9 Å². The van der Waals surface area contributed by atoms with Crippen molar-refractivity contribution < 1.29 is 9.59 Å². The Bertz CT molecular complexity index is 752. The lowest BCUT2D eigenvalue weighted by Crippen LogP contribution is -2.45. The third-order valence-electron chi connectivity index (χ3n) is 5.03. The van der Waals surface area contributed by atoms with Gasteiger partial charge in [0.25, 0.3) is 0 Å². The first kappa shape index (κ1) is 19.7. The number of nitriles is 1. The van der Waals surface area contributed by atoms with Crippen LogP contribution < -0.4 is 10.6 Å². The Morgan fingerprint density at radius 2 is 1.86 bits per heavy atom. The van der Waals surface area contributed by atoms with Crippen LogP contribution in [0.1, 0.15) is 32.1 Å². The van der Waals surface area contributed by atoms with Crippen LogP contribution in [-0.2, 0) is 9.59 Å². The summed E-state index contributed by atoms with van der Waals surface area (Å²) >= 11 is 0. The highest BCUT2D eigenvalue weighted by atomic mass is 16.2. The Morgan fingerprint density at radius 3 is 2.57 bits per heavy atom. The predicted octanol–water partition coefficient (Wildman–Crippen LogP) is 1.53. The van der Waals surface area contributed by atoms with E-state index in [9.17, 15) is 9.59 Å². The summed E-state index contributed by atoms with van der Waals surface area (Å²) in [6.07, 6.45) is 6.21.